The maximum Gasteiger partial charge on any atom is 0.238 e. The van der Waals surface area contributed by atoms with Crippen LogP contribution in [-0.4, -0.2) is 38.0 Å². The molecular weight excluding hydrogens is 341 g/mol. The third kappa shape index (κ3) is 5.73. The minimum Gasteiger partial charge on any atom is -0.378 e. The number of amides is 1. The summed E-state index contributed by atoms with van der Waals surface area (Å²) in [7, 11) is 3.99. The predicted octanol–water partition coefficient (Wildman–Crippen LogP) is 4.01. The molecule has 0 aliphatic carbocycles. The highest BCUT2D eigenvalue weighted by molar-refractivity contribution is 6.30. The SMILES string of the molecule is CCN(CC(=O)Nc1cc(Cl)ccc1F)Cc1ccc(N(C)C)cc1. The Kier molecular flexibility index (Phi) is 6.79. The normalized spacial score (nSPS) is 10.8. The van der Waals surface area contributed by atoms with Crippen molar-refractivity contribution in [3.05, 3.63) is 58.9 Å². The van der Waals surface area contributed by atoms with Gasteiger partial charge in [0.15, 0.2) is 0 Å². The predicted molar refractivity (Wildman–Crippen MR) is 102 cm³/mol. The second-order valence-corrected chi connectivity index (χ2v) is 6.47. The molecular formula is C19H23ClFN3O. The smallest absolute Gasteiger partial charge is 0.238 e. The van der Waals surface area contributed by atoms with Crippen LogP contribution in [0.4, 0.5) is 15.8 Å². The number of halogens is 2. The summed E-state index contributed by atoms with van der Waals surface area (Å²) in [5, 5.41) is 2.96. The molecule has 4 nitrogen and oxygen atoms in total. The van der Waals surface area contributed by atoms with Gasteiger partial charge in [-0.05, 0) is 42.4 Å². The van der Waals surface area contributed by atoms with Crippen molar-refractivity contribution in [3.8, 4) is 0 Å². The molecule has 0 aromatic heterocycles. The van der Waals surface area contributed by atoms with Crippen LogP contribution in [-0.2, 0) is 11.3 Å². The maximum atomic E-state index is 13.7. The Hall–Kier alpha value is -2.11. The number of hydrogen-bond donors (Lipinski definition) is 1. The summed E-state index contributed by atoms with van der Waals surface area (Å²) in [5.74, 6) is -0.770. The molecule has 0 unspecified atom stereocenters. The molecule has 0 aliphatic rings. The second-order valence-electron chi connectivity index (χ2n) is 6.04. The van der Waals surface area contributed by atoms with Gasteiger partial charge in [-0.25, -0.2) is 4.39 Å². The lowest BCUT2D eigenvalue weighted by atomic mass is 10.2. The maximum absolute atomic E-state index is 13.7. The summed E-state index contributed by atoms with van der Waals surface area (Å²) in [6.45, 7) is 3.52. The van der Waals surface area contributed by atoms with Gasteiger partial charge in [-0.3, -0.25) is 9.69 Å². The zero-order valence-electron chi connectivity index (χ0n) is 14.7. The monoisotopic (exact) mass is 363 g/mol. The number of nitrogens with one attached hydrogen (secondary N) is 1. The van der Waals surface area contributed by atoms with Crippen LogP contribution >= 0.6 is 11.6 Å². The van der Waals surface area contributed by atoms with Crippen molar-refractivity contribution in [3.63, 3.8) is 0 Å². The van der Waals surface area contributed by atoms with Crippen LogP contribution in [0.25, 0.3) is 0 Å². The van der Waals surface area contributed by atoms with Gasteiger partial charge in [0.2, 0.25) is 5.91 Å². The Balaban J connectivity index is 1.96. The summed E-state index contributed by atoms with van der Waals surface area (Å²) in [5.41, 5.74) is 2.35. The third-order valence-electron chi connectivity index (χ3n) is 3.88. The average molecular weight is 364 g/mol. The van der Waals surface area contributed by atoms with Crippen molar-refractivity contribution in [2.24, 2.45) is 0 Å². The van der Waals surface area contributed by atoms with Gasteiger partial charge in [-0.15, -0.1) is 0 Å². The average Bonchev–Trinajstić information content (AvgIpc) is 2.58. The van der Waals surface area contributed by atoms with Gasteiger partial charge >= 0.3 is 0 Å². The van der Waals surface area contributed by atoms with Crippen molar-refractivity contribution < 1.29 is 9.18 Å². The van der Waals surface area contributed by atoms with Gasteiger partial charge in [0.05, 0.1) is 12.2 Å². The Morgan fingerprint density at radius 1 is 1.16 bits per heavy atom. The number of nitrogens with zero attached hydrogens (tertiary/aromatic N) is 2. The van der Waals surface area contributed by atoms with E-state index in [1.807, 2.05) is 55.1 Å². The van der Waals surface area contributed by atoms with E-state index in [4.69, 9.17) is 11.6 Å². The van der Waals surface area contributed by atoms with Crippen molar-refractivity contribution >= 4 is 28.9 Å². The number of benzene rings is 2. The van der Waals surface area contributed by atoms with Gasteiger partial charge in [0, 0.05) is 31.4 Å². The molecule has 6 heteroatoms. The van der Waals surface area contributed by atoms with E-state index in [9.17, 15) is 9.18 Å². The molecule has 0 bridgehead atoms. The van der Waals surface area contributed by atoms with E-state index in [-0.39, 0.29) is 18.1 Å². The highest BCUT2D eigenvalue weighted by Gasteiger charge is 2.12. The van der Waals surface area contributed by atoms with Crippen molar-refractivity contribution in [1.29, 1.82) is 0 Å². The number of carbonyl (C=O) groups is 1. The molecule has 25 heavy (non-hydrogen) atoms. The lowest BCUT2D eigenvalue weighted by Crippen LogP contribution is -2.33. The molecule has 0 aliphatic heterocycles. The lowest BCUT2D eigenvalue weighted by molar-refractivity contribution is -0.117. The number of rotatable bonds is 7. The molecule has 0 atom stereocenters. The molecule has 1 amide bonds. The molecule has 0 spiro atoms. The second kappa shape index (κ2) is 8.83. The highest BCUT2D eigenvalue weighted by Crippen LogP contribution is 2.19. The van der Waals surface area contributed by atoms with Crippen LogP contribution < -0.4 is 10.2 Å². The van der Waals surface area contributed by atoms with Crippen molar-refractivity contribution in [1.82, 2.24) is 4.90 Å². The van der Waals surface area contributed by atoms with E-state index in [0.717, 1.165) is 11.3 Å². The first kappa shape index (κ1) is 19.2. The van der Waals surface area contributed by atoms with Gasteiger partial charge in [0.25, 0.3) is 0 Å². The molecule has 1 N–H and O–H groups in total. The first-order valence-corrected chi connectivity index (χ1v) is 8.50. The summed E-state index contributed by atoms with van der Waals surface area (Å²) < 4.78 is 13.7. The van der Waals surface area contributed by atoms with Gasteiger partial charge in [-0.1, -0.05) is 30.7 Å². The standard InChI is InChI=1S/C19H23ClFN3O/c1-4-24(12-14-5-8-16(9-6-14)23(2)3)13-19(25)22-18-11-15(20)7-10-17(18)21/h5-11H,4,12-13H2,1-3H3,(H,22,25). The Morgan fingerprint density at radius 3 is 2.44 bits per heavy atom. The van der Waals surface area contributed by atoms with Crippen LogP contribution in [0.1, 0.15) is 12.5 Å². The van der Waals surface area contributed by atoms with E-state index in [2.05, 4.69) is 5.32 Å². The largest absolute Gasteiger partial charge is 0.378 e. The van der Waals surface area contributed by atoms with Crippen molar-refractivity contribution in [2.45, 2.75) is 13.5 Å². The molecule has 0 heterocycles. The number of hydrogen-bond acceptors (Lipinski definition) is 3. The van der Waals surface area contributed by atoms with Gasteiger partial charge in [-0.2, -0.15) is 0 Å². The molecule has 0 fully saturated rings. The molecule has 0 radical (unpaired) electrons. The molecule has 134 valence electrons. The molecule has 2 aromatic carbocycles. The fraction of sp³-hybridized carbons (Fsp3) is 0.316. The lowest BCUT2D eigenvalue weighted by Gasteiger charge is -2.21. The number of likely N-dealkylation sites (N-methyl/N-ethyl adjacent to an activating group) is 1. The first-order chi connectivity index (χ1) is 11.9. The van der Waals surface area contributed by atoms with E-state index >= 15 is 0 Å². The third-order valence-corrected chi connectivity index (χ3v) is 4.11. The fourth-order valence-electron chi connectivity index (χ4n) is 2.42. The molecule has 0 saturated carbocycles. The minimum atomic E-state index is -0.500. The van der Waals surface area contributed by atoms with Crippen molar-refractivity contribution in [2.75, 3.05) is 37.4 Å². The summed E-state index contributed by atoms with van der Waals surface area (Å²) >= 11 is 5.84. The molecule has 2 rings (SSSR count). The molecule has 2 aromatic rings. The summed E-state index contributed by atoms with van der Waals surface area (Å²) in [6.07, 6.45) is 0. The van der Waals surface area contributed by atoms with Crippen LogP contribution in [0.15, 0.2) is 42.5 Å². The van der Waals surface area contributed by atoms with E-state index in [1.165, 1.54) is 18.2 Å². The molecule has 0 saturated heterocycles. The van der Waals surface area contributed by atoms with E-state index < -0.39 is 5.82 Å². The van der Waals surface area contributed by atoms with Crippen LogP contribution in [0.3, 0.4) is 0 Å². The minimum absolute atomic E-state index is 0.101. The Bertz CT molecular complexity index is 719. The highest BCUT2D eigenvalue weighted by atomic mass is 35.5. The topological polar surface area (TPSA) is 35.6 Å². The number of carbonyl (C=O) groups excluding carboxylic acids is 1. The van der Waals surface area contributed by atoms with Crippen LogP contribution in [0.2, 0.25) is 5.02 Å². The van der Waals surface area contributed by atoms with E-state index in [0.29, 0.717) is 18.1 Å². The Labute approximate surface area is 153 Å². The first-order valence-electron chi connectivity index (χ1n) is 8.12. The fourth-order valence-corrected chi connectivity index (χ4v) is 2.60. The van der Waals surface area contributed by atoms with Gasteiger partial charge < -0.3 is 10.2 Å². The number of anilines is 2. The Morgan fingerprint density at radius 2 is 1.84 bits per heavy atom. The van der Waals surface area contributed by atoms with Gasteiger partial charge in [0.1, 0.15) is 5.82 Å². The zero-order valence-corrected chi connectivity index (χ0v) is 15.5. The van der Waals surface area contributed by atoms with Crippen LogP contribution in [0.5, 0.6) is 0 Å². The quantitative estimate of drug-likeness (QED) is 0.807. The summed E-state index contributed by atoms with van der Waals surface area (Å²) in [4.78, 5) is 16.2. The van der Waals surface area contributed by atoms with Crippen LogP contribution in [0, 0.1) is 5.82 Å². The van der Waals surface area contributed by atoms with E-state index in [1.54, 1.807) is 0 Å². The summed E-state index contributed by atoms with van der Waals surface area (Å²) in [6, 6.07) is 12.3. The zero-order chi connectivity index (χ0) is 18.4.